The molecule has 1 atom stereocenters. The summed E-state index contributed by atoms with van der Waals surface area (Å²) in [6.45, 7) is 1.22. The lowest BCUT2D eigenvalue weighted by atomic mass is 10.1. The SMILES string of the molecule is Clc1ccccc1C(Cn1ccnc1)OCc1ccccc1. The molecule has 0 bridgehead atoms. The smallest absolute Gasteiger partial charge is 0.102 e. The number of nitrogens with zero attached hydrogens (tertiary/aromatic N) is 2. The van der Waals surface area contributed by atoms with Crippen molar-refractivity contribution in [1.82, 2.24) is 9.55 Å². The zero-order chi connectivity index (χ0) is 15.2. The molecule has 0 aliphatic carbocycles. The van der Waals surface area contributed by atoms with E-state index in [1.807, 2.05) is 53.2 Å². The summed E-state index contributed by atoms with van der Waals surface area (Å²) >= 11 is 6.34. The van der Waals surface area contributed by atoms with Gasteiger partial charge in [0.15, 0.2) is 0 Å². The van der Waals surface area contributed by atoms with Gasteiger partial charge in [-0.05, 0) is 11.6 Å². The van der Waals surface area contributed by atoms with E-state index in [1.165, 1.54) is 0 Å². The second-order valence-electron chi connectivity index (χ2n) is 5.07. The summed E-state index contributed by atoms with van der Waals surface area (Å²) in [5.41, 5.74) is 2.14. The maximum atomic E-state index is 6.34. The molecule has 0 amide bonds. The van der Waals surface area contributed by atoms with Crippen molar-refractivity contribution in [2.24, 2.45) is 0 Å². The van der Waals surface area contributed by atoms with Crippen LogP contribution in [0.25, 0.3) is 0 Å². The molecule has 0 fully saturated rings. The molecule has 3 aromatic rings. The van der Waals surface area contributed by atoms with Gasteiger partial charge in [-0.15, -0.1) is 0 Å². The number of aromatic nitrogens is 2. The number of rotatable bonds is 6. The van der Waals surface area contributed by atoms with Crippen molar-refractivity contribution in [1.29, 1.82) is 0 Å². The number of halogens is 1. The largest absolute Gasteiger partial charge is 0.367 e. The number of benzene rings is 2. The fraction of sp³-hybridized carbons (Fsp3) is 0.167. The normalized spacial score (nSPS) is 12.2. The minimum absolute atomic E-state index is 0.122. The fourth-order valence-electron chi connectivity index (χ4n) is 2.33. The first-order chi connectivity index (χ1) is 10.8. The highest BCUT2D eigenvalue weighted by atomic mass is 35.5. The summed E-state index contributed by atoms with van der Waals surface area (Å²) in [7, 11) is 0. The lowest BCUT2D eigenvalue weighted by Gasteiger charge is -2.20. The van der Waals surface area contributed by atoms with E-state index >= 15 is 0 Å². The summed E-state index contributed by atoms with van der Waals surface area (Å²) in [6.07, 6.45) is 5.36. The van der Waals surface area contributed by atoms with Crippen LogP contribution in [0.5, 0.6) is 0 Å². The minimum Gasteiger partial charge on any atom is -0.367 e. The van der Waals surface area contributed by atoms with E-state index in [-0.39, 0.29) is 6.10 Å². The second-order valence-corrected chi connectivity index (χ2v) is 5.47. The first-order valence-electron chi connectivity index (χ1n) is 7.18. The summed E-state index contributed by atoms with van der Waals surface area (Å²) in [6, 6.07) is 17.9. The molecule has 0 radical (unpaired) electrons. The van der Waals surface area contributed by atoms with Gasteiger partial charge >= 0.3 is 0 Å². The summed E-state index contributed by atoms with van der Waals surface area (Å²) in [4.78, 5) is 4.08. The van der Waals surface area contributed by atoms with E-state index in [0.717, 1.165) is 16.1 Å². The Labute approximate surface area is 135 Å². The van der Waals surface area contributed by atoms with Crippen LogP contribution < -0.4 is 0 Å². The van der Waals surface area contributed by atoms with E-state index in [4.69, 9.17) is 16.3 Å². The third-order valence-corrected chi connectivity index (χ3v) is 3.83. The maximum Gasteiger partial charge on any atom is 0.102 e. The molecule has 22 heavy (non-hydrogen) atoms. The van der Waals surface area contributed by atoms with Gasteiger partial charge in [-0.2, -0.15) is 0 Å². The Morgan fingerprint density at radius 2 is 1.82 bits per heavy atom. The Balaban J connectivity index is 1.78. The van der Waals surface area contributed by atoms with E-state index in [0.29, 0.717) is 13.2 Å². The Hall–Kier alpha value is -2.10. The average molecular weight is 313 g/mol. The molecule has 4 heteroatoms. The van der Waals surface area contributed by atoms with E-state index < -0.39 is 0 Å². The van der Waals surface area contributed by atoms with Crippen molar-refractivity contribution in [3.63, 3.8) is 0 Å². The molecular weight excluding hydrogens is 296 g/mol. The van der Waals surface area contributed by atoms with Crippen molar-refractivity contribution in [2.75, 3.05) is 0 Å². The maximum absolute atomic E-state index is 6.34. The number of ether oxygens (including phenoxy) is 1. The van der Waals surface area contributed by atoms with Crippen LogP contribution in [0.15, 0.2) is 73.3 Å². The molecule has 0 saturated carbocycles. The van der Waals surface area contributed by atoms with E-state index in [9.17, 15) is 0 Å². The quantitative estimate of drug-likeness (QED) is 0.670. The van der Waals surface area contributed by atoms with Gasteiger partial charge in [-0.1, -0.05) is 60.1 Å². The molecule has 1 unspecified atom stereocenters. The van der Waals surface area contributed by atoms with Crippen molar-refractivity contribution in [2.45, 2.75) is 19.3 Å². The highest BCUT2D eigenvalue weighted by molar-refractivity contribution is 6.31. The number of imidazole rings is 1. The molecule has 0 aliphatic heterocycles. The van der Waals surface area contributed by atoms with Crippen LogP contribution in [0.2, 0.25) is 5.02 Å². The van der Waals surface area contributed by atoms with Gasteiger partial charge in [0.25, 0.3) is 0 Å². The third kappa shape index (κ3) is 3.75. The van der Waals surface area contributed by atoms with Gasteiger partial charge < -0.3 is 9.30 Å². The molecule has 0 N–H and O–H groups in total. The van der Waals surface area contributed by atoms with Gasteiger partial charge in [0.1, 0.15) is 6.10 Å². The highest BCUT2D eigenvalue weighted by Crippen LogP contribution is 2.27. The van der Waals surface area contributed by atoms with Gasteiger partial charge in [0.05, 0.1) is 19.5 Å². The zero-order valence-electron chi connectivity index (χ0n) is 12.1. The first kappa shape index (κ1) is 14.8. The number of hydrogen-bond donors (Lipinski definition) is 0. The monoisotopic (exact) mass is 312 g/mol. The Bertz CT molecular complexity index is 698. The minimum atomic E-state index is -0.122. The third-order valence-electron chi connectivity index (χ3n) is 3.48. The van der Waals surface area contributed by atoms with Gasteiger partial charge in [0.2, 0.25) is 0 Å². The van der Waals surface area contributed by atoms with Gasteiger partial charge in [-0.25, -0.2) is 4.98 Å². The molecule has 1 heterocycles. The van der Waals surface area contributed by atoms with Gasteiger partial charge in [0, 0.05) is 23.0 Å². The summed E-state index contributed by atoms with van der Waals surface area (Å²) in [5, 5.41) is 0.723. The average Bonchev–Trinajstić information content (AvgIpc) is 3.06. The van der Waals surface area contributed by atoms with Gasteiger partial charge in [-0.3, -0.25) is 0 Å². The predicted molar refractivity (Wildman–Crippen MR) is 87.7 cm³/mol. The molecule has 3 nitrogen and oxygen atoms in total. The van der Waals surface area contributed by atoms with E-state index in [2.05, 4.69) is 17.1 Å². The standard InChI is InChI=1S/C18H17ClN2O/c19-17-9-5-4-8-16(17)18(12-21-11-10-20-14-21)22-13-15-6-2-1-3-7-15/h1-11,14,18H,12-13H2. The fourth-order valence-corrected chi connectivity index (χ4v) is 2.59. The van der Waals surface area contributed by atoms with Crippen LogP contribution >= 0.6 is 11.6 Å². The topological polar surface area (TPSA) is 27.1 Å². The molecule has 2 aromatic carbocycles. The number of hydrogen-bond acceptors (Lipinski definition) is 2. The molecule has 1 aromatic heterocycles. The second kappa shape index (κ2) is 7.25. The molecule has 0 aliphatic rings. The summed E-state index contributed by atoms with van der Waals surface area (Å²) < 4.78 is 8.13. The van der Waals surface area contributed by atoms with Crippen molar-refractivity contribution in [3.8, 4) is 0 Å². The lowest BCUT2D eigenvalue weighted by Crippen LogP contribution is -2.12. The molecule has 112 valence electrons. The highest BCUT2D eigenvalue weighted by Gasteiger charge is 2.16. The predicted octanol–water partition coefficient (Wildman–Crippen LogP) is 4.49. The van der Waals surface area contributed by atoms with E-state index in [1.54, 1.807) is 12.5 Å². The van der Waals surface area contributed by atoms with Crippen LogP contribution in [0, 0.1) is 0 Å². The first-order valence-corrected chi connectivity index (χ1v) is 7.56. The zero-order valence-corrected chi connectivity index (χ0v) is 12.9. The van der Waals surface area contributed by atoms with Crippen molar-refractivity contribution >= 4 is 11.6 Å². The van der Waals surface area contributed by atoms with Crippen LogP contribution in [0.3, 0.4) is 0 Å². The van der Waals surface area contributed by atoms with Crippen LogP contribution in [0.1, 0.15) is 17.2 Å². The van der Waals surface area contributed by atoms with Crippen molar-refractivity contribution < 1.29 is 4.74 Å². The lowest BCUT2D eigenvalue weighted by molar-refractivity contribution is 0.0280. The van der Waals surface area contributed by atoms with Crippen molar-refractivity contribution in [3.05, 3.63) is 89.5 Å². The van der Waals surface area contributed by atoms with Crippen LogP contribution in [0.4, 0.5) is 0 Å². The molecular formula is C18H17ClN2O. The molecule has 0 saturated heterocycles. The Kier molecular flexibility index (Phi) is 4.88. The van der Waals surface area contributed by atoms with Crippen LogP contribution in [-0.4, -0.2) is 9.55 Å². The Morgan fingerprint density at radius 1 is 1.05 bits per heavy atom. The Morgan fingerprint density at radius 3 is 2.55 bits per heavy atom. The summed E-state index contributed by atoms with van der Waals surface area (Å²) in [5.74, 6) is 0. The van der Waals surface area contributed by atoms with Crippen LogP contribution in [-0.2, 0) is 17.9 Å². The molecule has 0 spiro atoms. The molecule has 3 rings (SSSR count).